The van der Waals surface area contributed by atoms with Gasteiger partial charge in [0.15, 0.2) is 0 Å². The average Bonchev–Trinajstić information content (AvgIpc) is 2.25. The minimum Gasteiger partial charge on any atom is -0.478 e. The standard InChI is InChI=1S/C11H11NO4/c1-12(8-5-3-2-4-6-8)9(11(15)16)7-10(13)14/h2-7H,1H3,(H,13,14)(H,15,16)/b9-7+. The molecule has 1 aromatic rings. The van der Waals surface area contributed by atoms with E-state index in [0.717, 1.165) is 0 Å². The Kier molecular flexibility index (Phi) is 3.66. The number of hydrogen-bond acceptors (Lipinski definition) is 3. The topological polar surface area (TPSA) is 77.8 Å². The minimum atomic E-state index is -1.29. The van der Waals surface area contributed by atoms with Crippen LogP contribution < -0.4 is 4.90 Å². The highest BCUT2D eigenvalue weighted by Crippen LogP contribution is 2.16. The first-order valence-corrected chi connectivity index (χ1v) is 4.49. The zero-order valence-electron chi connectivity index (χ0n) is 8.62. The molecular formula is C11H11NO4. The molecule has 1 aromatic carbocycles. The number of hydrogen-bond donors (Lipinski definition) is 2. The molecule has 0 saturated heterocycles. The third-order valence-electron chi connectivity index (χ3n) is 1.98. The van der Waals surface area contributed by atoms with Crippen LogP contribution in [0.4, 0.5) is 5.69 Å². The van der Waals surface area contributed by atoms with Gasteiger partial charge in [0.25, 0.3) is 0 Å². The number of aliphatic carboxylic acids is 2. The van der Waals surface area contributed by atoms with Crippen LogP contribution in [0, 0.1) is 0 Å². The molecule has 0 aromatic heterocycles. The van der Waals surface area contributed by atoms with E-state index >= 15 is 0 Å². The molecule has 84 valence electrons. The van der Waals surface area contributed by atoms with Crippen molar-refractivity contribution in [2.24, 2.45) is 0 Å². The molecule has 16 heavy (non-hydrogen) atoms. The van der Waals surface area contributed by atoms with Gasteiger partial charge in [-0.15, -0.1) is 0 Å². The summed E-state index contributed by atoms with van der Waals surface area (Å²) in [6, 6.07) is 8.66. The lowest BCUT2D eigenvalue weighted by atomic mass is 10.2. The molecule has 1 rings (SSSR count). The van der Waals surface area contributed by atoms with E-state index in [-0.39, 0.29) is 5.70 Å². The summed E-state index contributed by atoms with van der Waals surface area (Å²) in [6.07, 6.45) is 0.662. The molecule has 5 nitrogen and oxygen atoms in total. The van der Waals surface area contributed by atoms with Crippen LogP contribution in [0.5, 0.6) is 0 Å². The van der Waals surface area contributed by atoms with Crippen LogP contribution in [-0.4, -0.2) is 29.2 Å². The second-order valence-corrected chi connectivity index (χ2v) is 3.07. The van der Waals surface area contributed by atoms with Crippen molar-refractivity contribution in [1.82, 2.24) is 0 Å². The van der Waals surface area contributed by atoms with Gasteiger partial charge in [0.05, 0.1) is 6.08 Å². The summed E-state index contributed by atoms with van der Waals surface area (Å²) in [5.74, 6) is -2.58. The summed E-state index contributed by atoms with van der Waals surface area (Å²) in [7, 11) is 1.50. The molecule has 0 radical (unpaired) electrons. The maximum atomic E-state index is 10.9. The summed E-state index contributed by atoms with van der Waals surface area (Å²) in [6.45, 7) is 0. The van der Waals surface area contributed by atoms with Crippen molar-refractivity contribution in [3.8, 4) is 0 Å². The van der Waals surface area contributed by atoms with Gasteiger partial charge in [-0.2, -0.15) is 0 Å². The number of carbonyl (C=O) groups is 2. The summed E-state index contributed by atoms with van der Waals surface area (Å²) in [4.78, 5) is 22.7. The summed E-state index contributed by atoms with van der Waals surface area (Å²) in [5, 5.41) is 17.4. The van der Waals surface area contributed by atoms with Crippen molar-refractivity contribution in [2.45, 2.75) is 0 Å². The fourth-order valence-corrected chi connectivity index (χ4v) is 1.21. The summed E-state index contributed by atoms with van der Waals surface area (Å²) in [5.41, 5.74) is 0.316. The van der Waals surface area contributed by atoms with Gasteiger partial charge >= 0.3 is 11.9 Å². The van der Waals surface area contributed by atoms with E-state index in [1.165, 1.54) is 11.9 Å². The van der Waals surface area contributed by atoms with Crippen LogP contribution in [0.25, 0.3) is 0 Å². The van der Waals surface area contributed by atoms with Gasteiger partial charge in [0.2, 0.25) is 0 Å². The lowest BCUT2D eigenvalue weighted by Crippen LogP contribution is -2.23. The smallest absolute Gasteiger partial charge is 0.352 e. The number of para-hydroxylation sites is 1. The number of carboxylic acid groups (broad SMARTS) is 2. The Hall–Kier alpha value is -2.30. The predicted octanol–water partition coefficient (Wildman–Crippen LogP) is 1.18. The van der Waals surface area contributed by atoms with E-state index in [9.17, 15) is 9.59 Å². The van der Waals surface area contributed by atoms with Gasteiger partial charge in [-0.3, -0.25) is 0 Å². The SMILES string of the molecule is CN(/C(=C/C(=O)O)C(=O)O)c1ccccc1. The van der Waals surface area contributed by atoms with Crippen molar-refractivity contribution < 1.29 is 19.8 Å². The van der Waals surface area contributed by atoms with Crippen LogP contribution in [0.1, 0.15) is 0 Å². The largest absolute Gasteiger partial charge is 0.478 e. The molecule has 5 heteroatoms. The van der Waals surface area contributed by atoms with E-state index in [1.807, 2.05) is 0 Å². The number of nitrogens with zero attached hydrogens (tertiary/aromatic N) is 1. The number of likely N-dealkylation sites (N-methyl/N-ethyl adjacent to an activating group) is 1. The highest BCUT2D eigenvalue weighted by molar-refractivity contribution is 5.97. The zero-order chi connectivity index (χ0) is 12.1. The van der Waals surface area contributed by atoms with Crippen molar-refractivity contribution in [3.63, 3.8) is 0 Å². The van der Waals surface area contributed by atoms with Crippen LogP contribution in [0.2, 0.25) is 0 Å². The van der Waals surface area contributed by atoms with Gasteiger partial charge in [0, 0.05) is 12.7 Å². The first-order chi connectivity index (χ1) is 7.52. The van der Waals surface area contributed by atoms with E-state index in [2.05, 4.69) is 0 Å². The molecular weight excluding hydrogens is 210 g/mol. The molecule has 0 aliphatic carbocycles. The Morgan fingerprint density at radius 3 is 2.19 bits per heavy atom. The molecule has 0 unspecified atom stereocenters. The second kappa shape index (κ2) is 4.97. The molecule has 0 amide bonds. The number of anilines is 1. The normalized spacial score (nSPS) is 10.9. The Morgan fingerprint density at radius 1 is 1.19 bits per heavy atom. The lowest BCUT2D eigenvalue weighted by molar-refractivity contribution is -0.135. The molecule has 0 fully saturated rings. The fraction of sp³-hybridized carbons (Fsp3) is 0.0909. The molecule has 0 bridgehead atoms. The molecule has 0 heterocycles. The van der Waals surface area contributed by atoms with E-state index in [0.29, 0.717) is 11.8 Å². The minimum absolute atomic E-state index is 0.293. The van der Waals surface area contributed by atoms with Crippen LogP contribution in [0.15, 0.2) is 42.1 Å². The molecule has 0 aliphatic rings. The van der Waals surface area contributed by atoms with Gasteiger partial charge in [-0.05, 0) is 12.1 Å². The Labute approximate surface area is 92.2 Å². The van der Waals surface area contributed by atoms with Crippen molar-refractivity contribution in [2.75, 3.05) is 11.9 Å². The predicted molar refractivity (Wildman–Crippen MR) is 58.2 cm³/mol. The van der Waals surface area contributed by atoms with Gasteiger partial charge < -0.3 is 15.1 Å². The molecule has 2 N–H and O–H groups in total. The maximum absolute atomic E-state index is 10.9. The average molecular weight is 221 g/mol. The van der Waals surface area contributed by atoms with Crippen molar-refractivity contribution in [1.29, 1.82) is 0 Å². The second-order valence-electron chi connectivity index (χ2n) is 3.07. The third-order valence-corrected chi connectivity index (χ3v) is 1.98. The zero-order valence-corrected chi connectivity index (χ0v) is 8.62. The molecule has 0 atom stereocenters. The van der Waals surface area contributed by atoms with E-state index < -0.39 is 11.9 Å². The van der Waals surface area contributed by atoms with Crippen LogP contribution in [-0.2, 0) is 9.59 Å². The van der Waals surface area contributed by atoms with Gasteiger partial charge in [-0.25, -0.2) is 9.59 Å². The Morgan fingerprint density at radius 2 is 1.75 bits per heavy atom. The first kappa shape index (κ1) is 11.8. The quantitative estimate of drug-likeness (QED) is 0.746. The van der Waals surface area contributed by atoms with Crippen molar-refractivity contribution in [3.05, 3.63) is 42.1 Å². The molecule has 0 spiro atoms. The summed E-state index contributed by atoms with van der Waals surface area (Å²) < 4.78 is 0. The number of carboxylic acids is 2. The lowest BCUT2D eigenvalue weighted by Gasteiger charge is -2.19. The third kappa shape index (κ3) is 2.84. The van der Waals surface area contributed by atoms with Crippen LogP contribution >= 0.6 is 0 Å². The number of benzene rings is 1. The van der Waals surface area contributed by atoms with E-state index in [4.69, 9.17) is 10.2 Å². The number of rotatable bonds is 4. The van der Waals surface area contributed by atoms with Crippen molar-refractivity contribution >= 4 is 17.6 Å². The highest BCUT2D eigenvalue weighted by atomic mass is 16.4. The van der Waals surface area contributed by atoms with E-state index in [1.54, 1.807) is 30.3 Å². The Balaban J connectivity index is 3.06. The monoisotopic (exact) mass is 221 g/mol. The fourth-order valence-electron chi connectivity index (χ4n) is 1.21. The van der Waals surface area contributed by atoms with Gasteiger partial charge in [-0.1, -0.05) is 18.2 Å². The molecule has 0 saturated carbocycles. The first-order valence-electron chi connectivity index (χ1n) is 4.49. The summed E-state index contributed by atoms with van der Waals surface area (Å²) >= 11 is 0. The van der Waals surface area contributed by atoms with Gasteiger partial charge in [0.1, 0.15) is 5.70 Å². The molecule has 0 aliphatic heterocycles. The van der Waals surface area contributed by atoms with Crippen LogP contribution in [0.3, 0.4) is 0 Å². The maximum Gasteiger partial charge on any atom is 0.352 e. The highest BCUT2D eigenvalue weighted by Gasteiger charge is 2.15. The Bertz CT molecular complexity index is 425.